The fraction of sp³-hybridized carbons (Fsp3) is 0.158. The highest BCUT2D eigenvalue weighted by Crippen LogP contribution is 2.31. The van der Waals surface area contributed by atoms with Gasteiger partial charge in [0.2, 0.25) is 11.2 Å². The number of hydrogen-bond donors (Lipinski definition) is 2. The first-order chi connectivity index (χ1) is 11.2. The number of fused-ring (bicyclic) bond motifs is 2. The van der Waals surface area contributed by atoms with Crippen LogP contribution in [0.15, 0.2) is 60.7 Å². The minimum atomic E-state index is -0.453. The number of thiocarbonyl (C=S) groups is 1. The molecule has 4 heteroatoms. The number of aliphatic hydroxyl groups is 1. The van der Waals surface area contributed by atoms with Crippen LogP contribution in [0.2, 0.25) is 0 Å². The number of pyridine rings is 1. The van der Waals surface area contributed by atoms with Crippen LogP contribution in [0, 0.1) is 0 Å². The molecule has 1 aromatic heterocycles. The lowest BCUT2D eigenvalue weighted by molar-refractivity contribution is -0.347. The van der Waals surface area contributed by atoms with Crippen molar-refractivity contribution in [1.82, 2.24) is 5.32 Å². The molecule has 23 heavy (non-hydrogen) atoms. The lowest BCUT2D eigenvalue weighted by Crippen LogP contribution is -2.36. The van der Waals surface area contributed by atoms with E-state index >= 15 is 0 Å². The predicted molar refractivity (Wildman–Crippen MR) is 94.2 cm³/mol. The van der Waals surface area contributed by atoms with Gasteiger partial charge in [-0.05, 0) is 23.3 Å². The van der Waals surface area contributed by atoms with Crippen molar-refractivity contribution in [2.45, 2.75) is 18.6 Å². The standard InChI is InChI=1S/C19H16N2OS/c22-17-11-13-6-1-3-7-14(13)18(17)21-19(23)16-10-9-12-5-2-4-8-15(12)20-16/h1-10,17-18,22H,11H2,(H,21,23)/p+1/t17-,18+/m0/s1. The predicted octanol–water partition coefficient (Wildman–Crippen LogP) is 2.58. The highest BCUT2D eigenvalue weighted by atomic mass is 32.1. The number of aromatic amines is 1. The van der Waals surface area contributed by atoms with Crippen LogP contribution >= 0.6 is 12.2 Å². The average Bonchev–Trinajstić information content (AvgIpc) is 2.90. The Kier molecular flexibility index (Phi) is 3.56. The highest BCUT2D eigenvalue weighted by molar-refractivity contribution is 7.80. The summed E-state index contributed by atoms with van der Waals surface area (Å²) in [5.41, 5.74) is 4.21. The third kappa shape index (κ3) is 2.60. The van der Waals surface area contributed by atoms with Crippen LogP contribution in [0.3, 0.4) is 0 Å². The molecule has 1 aliphatic rings. The molecular weight excluding hydrogens is 304 g/mol. The van der Waals surface area contributed by atoms with Gasteiger partial charge in [-0.3, -0.25) is 0 Å². The van der Waals surface area contributed by atoms with Gasteiger partial charge < -0.3 is 10.4 Å². The van der Waals surface area contributed by atoms with Crippen molar-refractivity contribution < 1.29 is 10.1 Å². The van der Waals surface area contributed by atoms with Crippen molar-refractivity contribution in [3.63, 3.8) is 0 Å². The Bertz CT molecular complexity index is 893. The number of nitrogens with one attached hydrogen (secondary N) is 2. The number of aliphatic hydroxyl groups excluding tert-OH is 1. The molecule has 1 aliphatic carbocycles. The number of para-hydroxylation sites is 1. The van der Waals surface area contributed by atoms with E-state index in [9.17, 15) is 5.11 Å². The van der Waals surface area contributed by atoms with Crippen LogP contribution in [0.5, 0.6) is 0 Å². The Morgan fingerprint density at radius 3 is 2.74 bits per heavy atom. The van der Waals surface area contributed by atoms with Gasteiger partial charge in [0.15, 0.2) is 4.99 Å². The lowest BCUT2D eigenvalue weighted by Gasteiger charge is -2.18. The first-order valence-corrected chi connectivity index (χ1v) is 8.11. The third-order valence-electron chi connectivity index (χ3n) is 4.39. The van der Waals surface area contributed by atoms with Gasteiger partial charge in [0.1, 0.15) is 0 Å². The number of hydrogen-bond acceptors (Lipinski definition) is 2. The molecule has 4 rings (SSSR count). The molecule has 114 valence electrons. The Labute approximate surface area is 140 Å². The number of aromatic nitrogens is 1. The minimum Gasteiger partial charge on any atom is -0.390 e. The molecule has 0 unspecified atom stereocenters. The maximum atomic E-state index is 10.3. The molecule has 0 saturated heterocycles. The van der Waals surface area contributed by atoms with Crippen LogP contribution < -0.4 is 10.3 Å². The molecule has 0 spiro atoms. The van der Waals surface area contributed by atoms with Crippen LogP contribution in [0.1, 0.15) is 22.9 Å². The van der Waals surface area contributed by atoms with Crippen molar-refractivity contribution in [2.75, 3.05) is 0 Å². The normalized spacial score (nSPS) is 19.5. The number of H-pyrrole nitrogens is 1. The molecule has 0 aliphatic heterocycles. The highest BCUT2D eigenvalue weighted by Gasteiger charge is 2.32. The summed E-state index contributed by atoms with van der Waals surface area (Å²) in [5, 5.41) is 14.8. The summed E-state index contributed by atoms with van der Waals surface area (Å²) in [7, 11) is 0. The zero-order chi connectivity index (χ0) is 15.8. The van der Waals surface area contributed by atoms with Gasteiger partial charge in [-0.2, -0.15) is 0 Å². The maximum Gasteiger partial charge on any atom is 0.238 e. The minimum absolute atomic E-state index is 0.154. The Hall–Kier alpha value is -2.30. The fourth-order valence-electron chi connectivity index (χ4n) is 3.22. The van der Waals surface area contributed by atoms with Crippen LogP contribution in [-0.2, 0) is 6.42 Å². The first-order valence-electron chi connectivity index (χ1n) is 7.70. The summed E-state index contributed by atoms with van der Waals surface area (Å²) >= 11 is 5.55. The topological polar surface area (TPSA) is 46.4 Å². The van der Waals surface area contributed by atoms with E-state index in [-0.39, 0.29) is 6.04 Å². The Morgan fingerprint density at radius 1 is 1.04 bits per heavy atom. The van der Waals surface area contributed by atoms with Gasteiger partial charge in [0.25, 0.3) is 0 Å². The molecule has 0 bridgehead atoms. The van der Waals surface area contributed by atoms with E-state index in [0.29, 0.717) is 11.4 Å². The summed E-state index contributed by atoms with van der Waals surface area (Å²) in [6.07, 6.45) is 0.212. The Balaban J connectivity index is 1.62. The summed E-state index contributed by atoms with van der Waals surface area (Å²) in [6, 6.07) is 20.1. The van der Waals surface area contributed by atoms with E-state index in [1.54, 1.807) is 0 Å². The van der Waals surface area contributed by atoms with E-state index in [0.717, 1.165) is 22.2 Å². The second kappa shape index (κ2) is 5.72. The van der Waals surface area contributed by atoms with Crippen molar-refractivity contribution in [2.24, 2.45) is 0 Å². The van der Waals surface area contributed by atoms with Gasteiger partial charge >= 0.3 is 0 Å². The summed E-state index contributed by atoms with van der Waals surface area (Å²) in [4.78, 5) is 3.98. The van der Waals surface area contributed by atoms with Crippen LogP contribution in [-0.4, -0.2) is 16.2 Å². The monoisotopic (exact) mass is 321 g/mol. The molecular formula is C19H17N2OS+. The second-order valence-corrected chi connectivity index (χ2v) is 6.29. The fourth-order valence-corrected chi connectivity index (χ4v) is 3.46. The van der Waals surface area contributed by atoms with E-state index in [1.807, 2.05) is 42.5 Å². The van der Waals surface area contributed by atoms with Crippen molar-refractivity contribution in [1.29, 1.82) is 0 Å². The largest absolute Gasteiger partial charge is 0.390 e. The second-order valence-electron chi connectivity index (χ2n) is 5.88. The maximum absolute atomic E-state index is 10.3. The van der Waals surface area contributed by atoms with Crippen LogP contribution in [0.25, 0.3) is 10.9 Å². The third-order valence-corrected chi connectivity index (χ3v) is 4.73. The number of benzene rings is 2. The van der Waals surface area contributed by atoms with Gasteiger partial charge in [0.05, 0.1) is 12.1 Å². The summed E-state index contributed by atoms with van der Waals surface area (Å²) in [5.74, 6) is 0. The first kappa shape index (κ1) is 14.3. The van der Waals surface area contributed by atoms with Crippen LogP contribution in [0.4, 0.5) is 0 Å². The number of rotatable bonds is 2. The molecule has 0 amide bonds. The lowest BCUT2D eigenvalue weighted by atomic mass is 10.1. The molecule has 3 aromatic rings. The van der Waals surface area contributed by atoms with E-state index in [4.69, 9.17) is 12.2 Å². The van der Waals surface area contributed by atoms with E-state index in [2.05, 4.69) is 28.5 Å². The molecule has 3 nitrogen and oxygen atoms in total. The quantitative estimate of drug-likeness (QED) is 0.713. The molecule has 0 saturated carbocycles. The SMILES string of the molecule is O[C@H]1Cc2ccccc2[C@H]1NC(=S)c1ccc2ccccc2[nH+]1. The molecule has 0 fully saturated rings. The molecule has 3 N–H and O–H groups in total. The van der Waals surface area contributed by atoms with Crippen molar-refractivity contribution in [3.8, 4) is 0 Å². The molecule has 0 radical (unpaired) electrons. The van der Waals surface area contributed by atoms with Gasteiger partial charge in [-0.1, -0.05) is 48.6 Å². The Morgan fingerprint density at radius 2 is 1.83 bits per heavy atom. The van der Waals surface area contributed by atoms with E-state index < -0.39 is 6.10 Å². The smallest absolute Gasteiger partial charge is 0.238 e. The molecule has 2 atom stereocenters. The zero-order valence-electron chi connectivity index (χ0n) is 12.5. The zero-order valence-corrected chi connectivity index (χ0v) is 13.3. The summed E-state index contributed by atoms with van der Waals surface area (Å²) in [6.45, 7) is 0. The molecule has 1 heterocycles. The van der Waals surface area contributed by atoms with E-state index in [1.165, 1.54) is 5.56 Å². The summed E-state index contributed by atoms with van der Waals surface area (Å²) < 4.78 is 0. The van der Waals surface area contributed by atoms with Gasteiger partial charge in [-0.25, -0.2) is 4.98 Å². The molecule has 2 aromatic carbocycles. The van der Waals surface area contributed by atoms with Gasteiger partial charge in [-0.15, -0.1) is 0 Å². The average molecular weight is 321 g/mol. The van der Waals surface area contributed by atoms with Crippen molar-refractivity contribution >= 4 is 28.1 Å². The van der Waals surface area contributed by atoms with Gasteiger partial charge in [0, 0.05) is 23.9 Å². The van der Waals surface area contributed by atoms with Crippen molar-refractivity contribution in [3.05, 3.63) is 77.5 Å².